The van der Waals surface area contributed by atoms with E-state index in [-0.39, 0.29) is 15.8 Å². The number of ether oxygens (including phenoxy) is 1. The average molecular weight is 371 g/mol. The minimum absolute atomic E-state index is 0.181. The Morgan fingerprint density at radius 3 is 2.58 bits per heavy atom. The predicted octanol–water partition coefficient (Wildman–Crippen LogP) is 2.34. The van der Waals surface area contributed by atoms with Crippen molar-refractivity contribution in [3.8, 4) is 5.75 Å². The first-order valence-electron chi connectivity index (χ1n) is 7.64. The molecule has 0 unspecified atom stereocenters. The standard InChI is InChI=1S/C15H19ClN4O3S/c1-10-17-15(19-18-10)11-5-7-20(8-6-11)24(21,22)12-3-4-14(23-2)13(16)9-12/h3-4,9,11H,5-8H2,1-2H3,(H,17,18,19). The van der Waals surface area contributed by atoms with Crippen LogP contribution in [0.4, 0.5) is 0 Å². The number of hydrogen-bond acceptors (Lipinski definition) is 5. The lowest BCUT2D eigenvalue weighted by Gasteiger charge is -2.30. The van der Waals surface area contributed by atoms with Crippen LogP contribution in [0.15, 0.2) is 23.1 Å². The number of hydrogen-bond donors (Lipinski definition) is 1. The van der Waals surface area contributed by atoms with Crippen LogP contribution in [-0.4, -0.2) is 48.1 Å². The number of aromatic amines is 1. The van der Waals surface area contributed by atoms with Crippen molar-refractivity contribution in [1.82, 2.24) is 19.5 Å². The van der Waals surface area contributed by atoms with Crippen molar-refractivity contribution >= 4 is 21.6 Å². The van der Waals surface area contributed by atoms with Gasteiger partial charge in [-0.15, -0.1) is 0 Å². The van der Waals surface area contributed by atoms with Gasteiger partial charge in [-0.1, -0.05) is 11.6 Å². The summed E-state index contributed by atoms with van der Waals surface area (Å²) in [5.74, 6) is 2.17. The summed E-state index contributed by atoms with van der Waals surface area (Å²) in [6.07, 6.45) is 1.39. The third-order valence-corrected chi connectivity index (χ3v) is 6.38. The highest BCUT2D eigenvalue weighted by molar-refractivity contribution is 7.89. The number of halogens is 1. The molecule has 1 aliphatic heterocycles. The minimum Gasteiger partial charge on any atom is -0.495 e. The van der Waals surface area contributed by atoms with E-state index in [1.807, 2.05) is 6.92 Å². The Bertz CT molecular complexity index is 829. The second-order valence-electron chi connectivity index (χ2n) is 5.75. The summed E-state index contributed by atoms with van der Waals surface area (Å²) in [5, 5.41) is 7.29. The van der Waals surface area contributed by atoms with Crippen molar-refractivity contribution in [1.29, 1.82) is 0 Å². The molecule has 0 atom stereocenters. The smallest absolute Gasteiger partial charge is 0.243 e. The number of nitrogens with zero attached hydrogens (tertiary/aromatic N) is 3. The lowest BCUT2D eigenvalue weighted by molar-refractivity contribution is 0.313. The molecule has 1 aromatic carbocycles. The summed E-state index contributed by atoms with van der Waals surface area (Å²) < 4.78 is 32.1. The van der Waals surface area contributed by atoms with E-state index in [0.717, 1.165) is 11.6 Å². The molecule has 24 heavy (non-hydrogen) atoms. The van der Waals surface area contributed by atoms with Crippen LogP contribution in [0.2, 0.25) is 5.02 Å². The summed E-state index contributed by atoms with van der Waals surface area (Å²) in [6, 6.07) is 4.52. The number of sulfonamides is 1. The zero-order chi connectivity index (χ0) is 17.3. The zero-order valence-electron chi connectivity index (χ0n) is 13.5. The fourth-order valence-electron chi connectivity index (χ4n) is 2.85. The van der Waals surface area contributed by atoms with Gasteiger partial charge in [0.25, 0.3) is 0 Å². The quantitative estimate of drug-likeness (QED) is 0.892. The molecule has 1 aliphatic rings. The Balaban J connectivity index is 1.74. The first-order valence-corrected chi connectivity index (χ1v) is 9.46. The molecule has 130 valence electrons. The molecule has 0 amide bonds. The SMILES string of the molecule is COc1ccc(S(=O)(=O)N2CCC(c3n[nH]c(C)n3)CC2)cc1Cl. The normalized spacial score (nSPS) is 17.1. The first-order chi connectivity index (χ1) is 11.4. The number of nitrogens with one attached hydrogen (secondary N) is 1. The Morgan fingerprint density at radius 2 is 2.04 bits per heavy atom. The topological polar surface area (TPSA) is 88.2 Å². The van der Waals surface area contributed by atoms with Crippen molar-refractivity contribution in [3.63, 3.8) is 0 Å². The van der Waals surface area contributed by atoms with E-state index in [2.05, 4.69) is 15.2 Å². The van der Waals surface area contributed by atoms with Crippen LogP contribution in [0.5, 0.6) is 5.75 Å². The summed E-state index contributed by atoms with van der Waals surface area (Å²) in [6.45, 7) is 2.72. The van der Waals surface area contributed by atoms with Crippen molar-refractivity contribution < 1.29 is 13.2 Å². The van der Waals surface area contributed by atoms with Crippen LogP contribution in [0.1, 0.15) is 30.4 Å². The molecule has 1 saturated heterocycles. The van der Waals surface area contributed by atoms with Gasteiger partial charge in [-0.05, 0) is 38.0 Å². The third kappa shape index (κ3) is 3.26. The number of methoxy groups -OCH3 is 1. The van der Waals surface area contributed by atoms with Crippen LogP contribution in [0.3, 0.4) is 0 Å². The van der Waals surface area contributed by atoms with Gasteiger partial charge in [0.1, 0.15) is 11.6 Å². The van der Waals surface area contributed by atoms with Crippen molar-refractivity contribution in [2.75, 3.05) is 20.2 Å². The largest absolute Gasteiger partial charge is 0.495 e. The van der Waals surface area contributed by atoms with Crippen LogP contribution in [0, 0.1) is 6.92 Å². The molecule has 2 heterocycles. The highest BCUT2D eigenvalue weighted by atomic mass is 35.5. The number of rotatable bonds is 4. The van der Waals surface area contributed by atoms with E-state index in [1.165, 1.54) is 23.5 Å². The Kier molecular flexibility index (Phi) is 4.80. The molecule has 0 aliphatic carbocycles. The number of aromatic nitrogens is 3. The molecule has 0 spiro atoms. The molecule has 1 fully saturated rings. The Hall–Kier alpha value is -1.64. The number of H-pyrrole nitrogens is 1. The van der Waals surface area contributed by atoms with E-state index in [0.29, 0.717) is 31.7 Å². The molecule has 3 rings (SSSR count). The van der Waals surface area contributed by atoms with E-state index >= 15 is 0 Å². The fraction of sp³-hybridized carbons (Fsp3) is 0.467. The van der Waals surface area contributed by atoms with Gasteiger partial charge < -0.3 is 4.74 Å². The first kappa shape index (κ1) is 17.2. The summed E-state index contributed by atoms with van der Waals surface area (Å²) in [4.78, 5) is 4.53. The fourth-order valence-corrected chi connectivity index (χ4v) is 4.67. The summed E-state index contributed by atoms with van der Waals surface area (Å²) in [7, 11) is -2.07. The van der Waals surface area contributed by atoms with E-state index in [4.69, 9.17) is 16.3 Å². The minimum atomic E-state index is -3.57. The number of aryl methyl sites for hydroxylation is 1. The van der Waals surface area contributed by atoms with Crippen molar-refractivity contribution in [2.24, 2.45) is 0 Å². The molecular formula is C15H19ClN4O3S. The molecular weight excluding hydrogens is 352 g/mol. The second kappa shape index (κ2) is 6.70. The van der Waals surface area contributed by atoms with E-state index in [9.17, 15) is 8.42 Å². The lowest BCUT2D eigenvalue weighted by atomic mass is 9.98. The van der Waals surface area contributed by atoms with Crippen LogP contribution >= 0.6 is 11.6 Å². The molecule has 9 heteroatoms. The number of piperidine rings is 1. The molecule has 1 aromatic heterocycles. The van der Waals surface area contributed by atoms with Crippen LogP contribution in [0.25, 0.3) is 0 Å². The molecule has 0 radical (unpaired) electrons. The predicted molar refractivity (Wildman–Crippen MR) is 89.9 cm³/mol. The van der Waals surface area contributed by atoms with Crippen molar-refractivity contribution in [3.05, 3.63) is 34.9 Å². The molecule has 1 N–H and O–H groups in total. The molecule has 7 nitrogen and oxygen atoms in total. The molecule has 0 bridgehead atoms. The lowest BCUT2D eigenvalue weighted by Crippen LogP contribution is -2.38. The number of benzene rings is 1. The van der Waals surface area contributed by atoms with Crippen LogP contribution in [-0.2, 0) is 10.0 Å². The van der Waals surface area contributed by atoms with Gasteiger partial charge in [0.05, 0.1) is 17.0 Å². The van der Waals surface area contributed by atoms with Gasteiger partial charge in [-0.2, -0.15) is 9.40 Å². The van der Waals surface area contributed by atoms with Crippen molar-refractivity contribution in [2.45, 2.75) is 30.6 Å². The van der Waals surface area contributed by atoms with Gasteiger partial charge in [0.15, 0.2) is 5.82 Å². The Morgan fingerprint density at radius 1 is 1.33 bits per heavy atom. The second-order valence-corrected chi connectivity index (χ2v) is 8.10. The molecule has 2 aromatic rings. The zero-order valence-corrected chi connectivity index (χ0v) is 15.1. The summed E-state index contributed by atoms with van der Waals surface area (Å²) >= 11 is 6.05. The maximum Gasteiger partial charge on any atom is 0.243 e. The molecule has 0 saturated carbocycles. The van der Waals surface area contributed by atoms with Gasteiger partial charge in [-0.3, -0.25) is 5.10 Å². The van der Waals surface area contributed by atoms with Gasteiger partial charge in [-0.25, -0.2) is 13.4 Å². The Labute approximate surface area is 146 Å². The van der Waals surface area contributed by atoms with Crippen LogP contribution < -0.4 is 4.74 Å². The van der Waals surface area contributed by atoms with E-state index in [1.54, 1.807) is 6.07 Å². The average Bonchev–Trinajstić information content (AvgIpc) is 3.01. The highest BCUT2D eigenvalue weighted by Gasteiger charge is 2.31. The van der Waals surface area contributed by atoms with Gasteiger partial charge in [0, 0.05) is 19.0 Å². The summed E-state index contributed by atoms with van der Waals surface area (Å²) in [5.41, 5.74) is 0. The third-order valence-electron chi connectivity index (χ3n) is 4.19. The maximum absolute atomic E-state index is 12.8. The monoisotopic (exact) mass is 370 g/mol. The van der Waals surface area contributed by atoms with E-state index < -0.39 is 10.0 Å². The van der Waals surface area contributed by atoms with Gasteiger partial charge >= 0.3 is 0 Å². The maximum atomic E-state index is 12.8. The highest BCUT2D eigenvalue weighted by Crippen LogP contribution is 2.32. The van der Waals surface area contributed by atoms with Gasteiger partial charge in [0.2, 0.25) is 10.0 Å².